The first-order valence-electron chi connectivity index (χ1n) is 10.5. The number of likely N-dealkylation sites (N-methyl/N-ethyl adjacent to an activating group) is 1. The van der Waals surface area contributed by atoms with Crippen LogP contribution in [-0.2, 0) is 6.54 Å². The van der Waals surface area contributed by atoms with E-state index < -0.39 is 0 Å². The Kier molecular flexibility index (Phi) is 5.33. The van der Waals surface area contributed by atoms with E-state index in [1.165, 1.54) is 0 Å². The molecule has 2 N–H and O–H groups in total. The van der Waals surface area contributed by atoms with Crippen molar-refractivity contribution in [3.63, 3.8) is 0 Å². The van der Waals surface area contributed by atoms with Crippen LogP contribution < -0.4 is 16.1 Å². The first kappa shape index (κ1) is 20.8. The molecule has 0 bridgehead atoms. The molecule has 1 heterocycles. The van der Waals surface area contributed by atoms with Gasteiger partial charge in [-0.05, 0) is 39.0 Å². The number of nitrogens with two attached hydrogens (primary N) is 1. The number of fused-ring (bicyclic) bond motifs is 4. The molecule has 0 aromatic heterocycles. The van der Waals surface area contributed by atoms with Gasteiger partial charge in [0.15, 0.2) is 11.7 Å². The fraction of sp³-hybridized carbons (Fsp3) is 0.240. The monoisotopic (exact) mass is 414 g/mol. The van der Waals surface area contributed by atoms with Crippen LogP contribution in [0.15, 0.2) is 53.5 Å². The van der Waals surface area contributed by atoms with Crippen molar-refractivity contribution >= 4 is 33.8 Å². The van der Waals surface area contributed by atoms with Gasteiger partial charge in [0.2, 0.25) is 0 Å². The number of aldehydes is 1. The normalized spacial score (nSPS) is 11.4. The first-order valence-corrected chi connectivity index (χ1v) is 10.5. The largest absolute Gasteiger partial charge is 0.345 e. The van der Waals surface area contributed by atoms with Gasteiger partial charge in [0.25, 0.3) is 0 Å². The van der Waals surface area contributed by atoms with E-state index in [-0.39, 0.29) is 5.43 Å². The number of carbonyl (C=O) groups is 1. The highest BCUT2D eigenvalue weighted by Crippen LogP contribution is 2.35. The lowest BCUT2D eigenvalue weighted by molar-refractivity contribution is 0.112. The molecule has 0 unspecified atom stereocenters. The quantitative estimate of drug-likeness (QED) is 0.292. The van der Waals surface area contributed by atoms with Crippen molar-refractivity contribution in [1.82, 2.24) is 9.55 Å². The van der Waals surface area contributed by atoms with Crippen LogP contribution in [0.3, 0.4) is 0 Å². The minimum absolute atomic E-state index is 0.0719. The second-order valence-corrected chi connectivity index (χ2v) is 7.58. The molecule has 2 aliphatic rings. The molecule has 31 heavy (non-hydrogen) atoms. The number of aryl methyl sites for hydroxylation is 1. The van der Waals surface area contributed by atoms with Crippen LogP contribution in [0.1, 0.15) is 29.8 Å². The van der Waals surface area contributed by atoms with Crippen LogP contribution in [-0.4, -0.2) is 28.9 Å². The summed E-state index contributed by atoms with van der Waals surface area (Å²) < 4.78 is 2.11. The molecule has 1 aliphatic carbocycles. The van der Waals surface area contributed by atoms with Crippen LogP contribution in [0.4, 0.5) is 5.69 Å². The summed E-state index contributed by atoms with van der Waals surface area (Å²) >= 11 is 0. The highest BCUT2D eigenvalue weighted by Gasteiger charge is 2.23. The fourth-order valence-electron chi connectivity index (χ4n) is 4.43. The van der Waals surface area contributed by atoms with Crippen molar-refractivity contribution in [3.8, 4) is 11.4 Å². The Balaban J connectivity index is 2.17. The maximum atomic E-state index is 13.2. The Hall–Kier alpha value is -3.51. The van der Waals surface area contributed by atoms with Crippen LogP contribution >= 0.6 is 0 Å². The third-order valence-corrected chi connectivity index (χ3v) is 5.94. The number of aromatic nitrogens is 2. The minimum Gasteiger partial charge on any atom is -0.345 e. The van der Waals surface area contributed by atoms with Crippen molar-refractivity contribution < 1.29 is 4.79 Å². The first-order chi connectivity index (χ1) is 15.0. The summed E-state index contributed by atoms with van der Waals surface area (Å²) in [6.45, 7) is 11.8. The maximum Gasteiger partial charge on any atom is 0.191 e. The third kappa shape index (κ3) is 3.11. The lowest BCUT2D eigenvalue weighted by Crippen LogP contribution is -2.26. The van der Waals surface area contributed by atoms with Gasteiger partial charge in [-0.2, -0.15) is 0 Å². The molecule has 1 aliphatic heterocycles. The lowest BCUT2D eigenvalue weighted by atomic mass is 9.95. The highest BCUT2D eigenvalue weighted by molar-refractivity contribution is 6.07. The van der Waals surface area contributed by atoms with E-state index in [0.717, 1.165) is 40.9 Å². The summed E-state index contributed by atoms with van der Waals surface area (Å²) in [4.78, 5) is 31.9. The van der Waals surface area contributed by atoms with Crippen LogP contribution in [0.5, 0.6) is 0 Å². The number of nitrogens with zero attached hydrogens (tertiary/aromatic N) is 3. The van der Waals surface area contributed by atoms with Gasteiger partial charge in [0.1, 0.15) is 0 Å². The average Bonchev–Trinajstić information content (AvgIpc) is 2.80. The van der Waals surface area contributed by atoms with E-state index >= 15 is 0 Å². The Morgan fingerprint density at radius 2 is 2.03 bits per heavy atom. The summed E-state index contributed by atoms with van der Waals surface area (Å²) in [7, 11) is 0. The number of carbonyl (C=O) groups excluding carboxylic acids is 1. The topological polar surface area (TPSA) is 81.2 Å². The van der Waals surface area contributed by atoms with E-state index in [9.17, 15) is 9.59 Å². The molecule has 0 fully saturated rings. The van der Waals surface area contributed by atoms with Crippen molar-refractivity contribution in [3.05, 3.63) is 70.0 Å². The van der Waals surface area contributed by atoms with Gasteiger partial charge in [0, 0.05) is 52.9 Å². The van der Waals surface area contributed by atoms with Crippen LogP contribution in [0, 0.1) is 6.92 Å². The molecule has 0 saturated heterocycles. The highest BCUT2D eigenvalue weighted by atomic mass is 16.1. The van der Waals surface area contributed by atoms with Crippen LogP contribution in [0.2, 0.25) is 0 Å². The molecule has 158 valence electrons. The van der Waals surface area contributed by atoms with Gasteiger partial charge in [-0.3, -0.25) is 9.59 Å². The van der Waals surface area contributed by atoms with E-state index in [2.05, 4.69) is 29.0 Å². The second kappa shape index (κ2) is 7.96. The van der Waals surface area contributed by atoms with Crippen molar-refractivity contribution in [1.29, 1.82) is 0 Å². The molecule has 0 radical (unpaired) electrons. The van der Waals surface area contributed by atoms with Crippen molar-refractivity contribution in [2.24, 2.45) is 5.73 Å². The molecular formula is C25H26N4O2. The van der Waals surface area contributed by atoms with Crippen LogP contribution in [0.25, 0.3) is 33.2 Å². The smallest absolute Gasteiger partial charge is 0.191 e. The zero-order valence-electron chi connectivity index (χ0n) is 18.1. The summed E-state index contributed by atoms with van der Waals surface area (Å²) in [6, 6.07) is 11.3. The van der Waals surface area contributed by atoms with E-state index in [0.29, 0.717) is 40.7 Å². The zero-order chi connectivity index (χ0) is 22.3. The van der Waals surface area contributed by atoms with E-state index in [4.69, 9.17) is 10.7 Å². The summed E-state index contributed by atoms with van der Waals surface area (Å²) in [6.07, 6.45) is 0.791. The molecule has 0 spiro atoms. The Morgan fingerprint density at radius 3 is 2.68 bits per heavy atom. The fourth-order valence-corrected chi connectivity index (χ4v) is 4.43. The lowest BCUT2D eigenvalue weighted by Gasteiger charge is -2.26. The minimum atomic E-state index is -0.0719. The maximum absolute atomic E-state index is 13.2. The Morgan fingerprint density at radius 1 is 1.26 bits per heavy atom. The molecule has 2 aromatic rings. The SMILES string of the molecule is C=C(CN)N(CC)c1ccc2nc3c4c(C=O)cccc4c(=O)c(C)c-3n(CC)c2c1. The molecule has 0 atom stereocenters. The molecule has 0 amide bonds. The zero-order valence-corrected chi connectivity index (χ0v) is 18.1. The van der Waals surface area contributed by atoms with Crippen molar-refractivity contribution in [2.45, 2.75) is 27.3 Å². The van der Waals surface area contributed by atoms with Gasteiger partial charge >= 0.3 is 0 Å². The molecule has 0 saturated carbocycles. The second-order valence-electron chi connectivity index (χ2n) is 7.58. The Bertz CT molecular complexity index is 1370. The molecule has 2 aromatic carbocycles. The number of rotatable bonds is 6. The number of hydrogen-bond donors (Lipinski definition) is 1. The summed E-state index contributed by atoms with van der Waals surface area (Å²) in [5.41, 5.74) is 11.8. The summed E-state index contributed by atoms with van der Waals surface area (Å²) in [5, 5.41) is 1.14. The van der Waals surface area contributed by atoms with Gasteiger partial charge < -0.3 is 15.2 Å². The van der Waals surface area contributed by atoms with Gasteiger partial charge in [-0.25, -0.2) is 4.98 Å². The predicted octanol–water partition coefficient (Wildman–Crippen LogP) is 4.09. The molecule has 4 rings (SSSR count). The van der Waals surface area contributed by atoms with Gasteiger partial charge in [-0.15, -0.1) is 0 Å². The van der Waals surface area contributed by atoms with Crippen molar-refractivity contribution in [2.75, 3.05) is 18.0 Å². The number of anilines is 1. The van der Waals surface area contributed by atoms with E-state index in [1.807, 2.05) is 26.0 Å². The van der Waals surface area contributed by atoms with Gasteiger partial charge in [-0.1, -0.05) is 24.8 Å². The number of hydrogen-bond acceptors (Lipinski definition) is 5. The van der Waals surface area contributed by atoms with Gasteiger partial charge in [0.05, 0.1) is 22.4 Å². The average molecular weight is 415 g/mol. The van der Waals surface area contributed by atoms with E-state index in [1.54, 1.807) is 18.2 Å². The molecule has 6 nitrogen and oxygen atoms in total. The third-order valence-electron chi connectivity index (χ3n) is 5.94. The Labute approximate surface area is 180 Å². The number of benzene rings is 3. The standard InChI is InChI=1S/C25H26N4O2/c1-5-28(15(3)13-26)18-10-11-20-21(12-18)29(6-2)24-16(4)25(31)19-9-7-8-17(14-30)22(19)23(24)27-20/h7-12,14H,3,5-6,13,26H2,1-2,4H3. The molecule has 6 heteroatoms. The molecular weight excluding hydrogens is 388 g/mol. The summed E-state index contributed by atoms with van der Waals surface area (Å²) in [5.74, 6) is 0. The predicted molar refractivity (Wildman–Crippen MR) is 127 cm³/mol.